The normalized spacial score (nSPS) is 11.9. The van der Waals surface area contributed by atoms with Crippen LogP contribution in [0.1, 0.15) is 19.8 Å². The topological polar surface area (TPSA) is 74.1 Å². The Morgan fingerprint density at radius 3 is 2.57 bits per heavy atom. The maximum absolute atomic E-state index is 12.1. The quantitative estimate of drug-likeness (QED) is 0.513. The molecule has 2 aromatic carbocycles. The predicted molar refractivity (Wildman–Crippen MR) is 86.9 cm³/mol. The molecule has 3 aromatic rings. The maximum Gasteiger partial charge on any atom is 0.296 e. The van der Waals surface area contributed by atoms with E-state index < -0.39 is 10.1 Å². The Balaban J connectivity index is 1.87. The second kappa shape index (κ2) is 6.47. The highest BCUT2D eigenvalue weighted by Gasteiger charge is 2.15. The van der Waals surface area contributed by atoms with Gasteiger partial charge in [-0.25, -0.2) is 4.68 Å². The molecule has 0 fully saturated rings. The molecule has 0 bridgehead atoms. The molecule has 0 unspecified atom stereocenters. The summed E-state index contributed by atoms with van der Waals surface area (Å²) in [5.41, 5.74) is 2.39. The average molecular weight is 331 g/mol. The van der Waals surface area contributed by atoms with E-state index in [9.17, 15) is 8.42 Å². The number of hydrogen-bond donors (Lipinski definition) is 0. The number of unbranched alkanes of at least 4 members (excludes halogenated alkanes) is 1. The van der Waals surface area contributed by atoms with Crippen molar-refractivity contribution in [2.45, 2.75) is 24.7 Å². The van der Waals surface area contributed by atoms with Gasteiger partial charge >= 0.3 is 0 Å². The second-order valence-electron chi connectivity index (χ2n) is 5.11. The van der Waals surface area contributed by atoms with E-state index in [0.29, 0.717) is 6.42 Å². The Kier molecular flexibility index (Phi) is 4.40. The zero-order valence-electron chi connectivity index (χ0n) is 12.7. The molecule has 0 aliphatic heterocycles. The molecule has 0 aliphatic carbocycles. The largest absolute Gasteiger partial charge is 0.296 e. The van der Waals surface area contributed by atoms with Crippen LogP contribution in [-0.4, -0.2) is 30.0 Å². The molecule has 0 atom stereocenters. The van der Waals surface area contributed by atoms with Crippen LogP contribution in [0.3, 0.4) is 0 Å². The van der Waals surface area contributed by atoms with Crippen molar-refractivity contribution in [2.75, 3.05) is 6.61 Å². The van der Waals surface area contributed by atoms with E-state index in [1.165, 1.54) is 12.1 Å². The van der Waals surface area contributed by atoms with E-state index in [1.54, 1.807) is 16.8 Å². The monoisotopic (exact) mass is 331 g/mol. The number of fused-ring (bicyclic) bond motifs is 1. The van der Waals surface area contributed by atoms with Gasteiger partial charge in [-0.2, -0.15) is 8.42 Å². The Morgan fingerprint density at radius 2 is 1.83 bits per heavy atom. The van der Waals surface area contributed by atoms with Gasteiger partial charge in [0.25, 0.3) is 10.1 Å². The van der Waals surface area contributed by atoms with Gasteiger partial charge in [-0.3, -0.25) is 4.18 Å². The molecule has 0 N–H and O–H groups in total. The number of nitrogens with zero attached hydrogens (tertiary/aromatic N) is 3. The van der Waals surface area contributed by atoms with Crippen molar-refractivity contribution in [1.29, 1.82) is 0 Å². The molecule has 1 aromatic heterocycles. The number of hydrogen-bond acceptors (Lipinski definition) is 5. The van der Waals surface area contributed by atoms with Gasteiger partial charge < -0.3 is 0 Å². The number of benzene rings is 2. The molecular weight excluding hydrogens is 314 g/mol. The summed E-state index contributed by atoms with van der Waals surface area (Å²) in [6, 6.07) is 14.0. The van der Waals surface area contributed by atoms with E-state index in [4.69, 9.17) is 4.18 Å². The fourth-order valence-corrected chi connectivity index (χ4v) is 3.14. The number of para-hydroxylation sites is 1. The first-order valence-electron chi connectivity index (χ1n) is 7.42. The molecule has 0 amide bonds. The second-order valence-corrected chi connectivity index (χ2v) is 6.73. The minimum absolute atomic E-state index is 0.141. The lowest BCUT2D eigenvalue weighted by Crippen LogP contribution is -2.08. The first kappa shape index (κ1) is 15.6. The van der Waals surface area contributed by atoms with E-state index in [-0.39, 0.29) is 11.5 Å². The van der Waals surface area contributed by atoms with Crippen LogP contribution >= 0.6 is 0 Å². The van der Waals surface area contributed by atoms with Crippen molar-refractivity contribution in [1.82, 2.24) is 15.0 Å². The smallest absolute Gasteiger partial charge is 0.266 e. The van der Waals surface area contributed by atoms with E-state index in [0.717, 1.165) is 23.1 Å². The van der Waals surface area contributed by atoms with Crippen LogP contribution in [0.4, 0.5) is 0 Å². The van der Waals surface area contributed by atoms with Crippen LogP contribution in [0.15, 0.2) is 53.4 Å². The minimum atomic E-state index is -3.71. The van der Waals surface area contributed by atoms with Crippen molar-refractivity contribution in [2.24, 2.45) is 0 Å². The molecule has 23 heavy (non-hydrogen) atoms. The summed E-state index contributed by atoms with van der Waals surface area (Å²) in [6.07, 6.45) is 1.59. The van der Waals surface area contributed by atoms with Crippen molar-refractivity contribution in [3.05, 3.63) is 48.5 Å². The minimum Gasteiger partial charge on any atom is -0.266 e. The Labute approximate surface area is 134 Å². The highest BCUT2D eigenvalue weighted by atomic mass is 32.2. The van der Waals surface area contributed by atoms with Crippen LogP contribution in [0, 0.1) is 0 Å². The molecule has 3 rings (SSSR count). The molecule has 0 saturated heterocycles. The first-order valence-corrected chi connectivity index (χ1v) is 8.83. The molecule has 6 nitrogen and oxygen atoms in total. The third kappa shape index (κ3) is 3.25. The van der Waals surface area contributed by atoms with E-state index in [2.05, 4.69) is 10.3 Å². The van der Waals surface area contributed by atoms with Gasteiger partial charge in [0.15, 0.2) is 0 Å². The third-order valence-corrected chi connectivity index (χ3v) is 4.78. The molecule has 0 radical (unpaired) electrons. The lowest BCUT2D eigenvalue weighted by atomic mass is 10.3. The Bertz CT molecular complexity index is 902. The highest BCUT2D eigenvalue weighted by Crippen LogP contribution is 2.19. The molecule has 120 valence electrons. The lowest BCUT2D eigenvalue weighted by molar-refractivity contribution is 0.311. The van der Waals surface area contributed by atoms with Gasteiger partial charge in [-0.15, -0.1) is 5.10 Å². The number of aromatic nitrogens is 3. The Hall–Kier alpha value is -2.25. The molecule has 0 spiro atoms. The predicted octanol–water partition coefficient (Wildman–Crippen LogP) is 2.93. The average Bonchev–Trinajstić information content (AvgIpc) is 2.99. The first-order chi connectivity index (χ1) is 11.1. The molecule has 1 heterocycles. The van der Waals surface area contributed by atoms with Crippen LogP contribution < -0.4 is 0 Å². The molecule has 0 aliphatic rings. The van der Waals surface area contributed by atoms with E-state index >= 15 is 0 Å². The van der Waals surface area contributed by atoms with Crippen LogP contribution in [-0.2, 0) is 14.3 Å². The summed E-state index contributed by atoms with van der Waals surface area (Å²) >= 11 is 0. The van der Waals surface area contributed by atoms with Crippen molar-refractivity contribution >= 4 is 21.2 Å². The lowest BCUT2D eigenvalue weighted by Gasteiger charge is -2.06. The van der Waals surface area contributed by atoms with Gasteiger partial charge in [0, 0.05) is 0 Å². The van der Waals surface area contributed by atoms with Crippen molar-refractivity contribution in [3.63, 3.8) is 0 Å². The highest BCUT2D eigenvalue weighted by molar-refractivity contribution is 7.86. The summed E-state index contributed by atoms with van der Waals surface area (Å²) < 4.78 is 30.8. The fourth-order valence-electron chi connectivity index (χ4n) is 2.19. The maximum atomic E-state index is 12.1. The molecule has 0 saturated carbocycles. The van der Waals surface area contributed by atoms with Gasteiger partial charge in [0.1, 0.15) is 5.52 Å². The Morgan fingerprint density at radius 1 is 1.09 bits per heavy atom. The van der Waals surface area contributed by atoms with Gasteiger partial charge in [-0.05, 0) is 42.8 Å². The summed E-state index contributed by atoms with van der Waals surface area (Å²) in [5, 5.41) is 8.19. The van der Waals surface area contributed by atoms with Crippen molar-refractivity contribution < 1.29 is 12.6 Å². The van der Waals surface area contributed by atoms with Crippen LogP contribution in [0.2, 0.25) is 0 Å². The van der Waals surface area contributed by atoms with Gasteiger partial charge in [0.2, 0.25) is 0 Å². The van der Waals surface area contributed by atoms with Gasteiger partial charge in [-0.1, -0.05) is 30.7 Å². The summed E-state index contributed by atoms with van der Waals surface area (Å²) in [5.74, 6) is 0. The van der Waals surface area contributed by atoms with E-state index in [1.807, 2.05) is 31.2 Å². The van der Waals surface area contributed by atoms with Crippen molar-refractivity contribution in [3.8, 4) is 5.69 Å². The zero-order valence-corrected chi connectivity index (χ0v) is 13.5. The molecular formula is C16H17N3O3S. The van der Waals surface area contributed by atoms with Gasteiger partial charge in [0.05, 0.1) is 22.7 Å². The van der Waals surface area contributed by atoms with Crippen LogP contribution in [0.5, 0.6) is 0 Å². The standard InChI is InChI=1S/C16H17N3O3S/c1-2-3-12-22-23(20,21)14-10-8-13(9-11-14)19-16-7-5-4-6-15(16)17-18-19/h4-11H,2-3,12H2,1H3. The number of rotatable bonds is 6. The SMILES string of the molecule is CCCCOS(=O)(=O)c1ccc(-n2nnc3ccccc32)cc1. The third-order valence-electron chi connectivity index (χ3n) is 3.46. The fraction of sp³-hybridized carbons (Fsp3) is 0.250. The zero-order chi connectivity index (χ0) is 16.3. The molecule has 7 heteroatoms. The van der Waals surface area contributed by atoms with Crippen LogP contribution in [0.25, 0.3) is 16.7 Å². The summed E-state index contributed by atoms with van der Waals surface area (Å²) in [7, 11) is -3.71. The summed E-state index contributed by atoms with van der Waals surface area (Å²) in [6.45, 7) is 2.18. The summed E-state index contributed by atoms with van der Waals surface area (Å²) in [4.78, 5) is 0.141.